The molecule has 0 aliphatic rings. The largest absolute Gasteiger partial charge is 0.478 e. The van der Waals surface area contributed by atoms with E-state index in [1.165, 1.54) is 28.9 Å². The zero-order valence-corrected chi connectivity index (χ0v) is 18.5. The topological polar surface area (TPSA) is 117 Å². The SMILES string of the molecule is Cc1nc(Cc2cccc3ccccc23)sc1CC(=O)Nc1cc(C(=O)O)cc(C(=O)O)c1. The predicted octanol–water partition coefficient (Wildman–Crippen LogP) is 4.77. The minimum Gasteiger partial charge on any atom is -0.478 e. The molecule has 0 atom stereocenters. The predicted molar refractivity (Wildman–Crippen MR) is 126 cm³/mol. The van der Waals surface area contributed by atoms with Crippen LogP contribution in [0.1, 0.15) is 41.9 Å². The van der Waals surface area contributed by atoms with E-state index in [0.717, 1.165) is 32.6 Å². The number of thiazole rings is 1. The van der Waals surface area contributed by atoms with Gasteiger partial charge in [-0.15, -0.1) is 11.3 Å². The Labute approximate surface area is 193 Å². The summed E-state index contributed by atoms with van der Waals surface area (Å²) in [6.07, 6.45) is 0.704. The fraction of sp³-hybridized carbons (Fsp3) is 0.120. The number of benzene rings is 3. The summed E-state index contributed by atoms with van der Waals surface area (Å²) in [5.41, 5.74) is 1.61. The van der Waals surface area contributed by atoms with Crippen LogP contribution in [-0.4, -0.2) is 33.0 Å². The van der Waals surface area contributed by atoms with Crippen LogP contribution in [0.15, 0.2) is 60.7 Å². The number of hydrogen-bond acceptors (Lipinski definition) is 5. The second-order valence-corrected chi connectivity index (χ2v) is 8.73. The first-order valence-corrected chi connectivity index (χ1v) is 10.9. The van der Waals surface area contributed by atoms with E-state index in [0.29, 0.717) is 6.42 Å². The van der Waals surface area contributed by atoms with E-state index in [1.807, 2.05) is 25.1 Å². The van der Waals surface area contributed by atoms with E-state index in [-0.39, 0.29) is 29.1 Å². The third-order valence-electron chi connectivity index (χ3n) is 5.19. The van der Waals surface area contributed by atoms with E-state index in [1.54, 1.807) is 0 Å². The highest BCUT2D eigenvalue weighted by Crippen LogP contribution is 2.26. The summed E-state index contributed by atoms with van der Waals surface area (Å²) < 4.78 is 0. The maximum Gasteiger partial charge on any atom is 0.335 e. The molecule has 166 valence electrons. The summed E-state index contributed by atoms with van der Waals surface area (Å²) in [5, 5.41) is 24.2. The van der Waals surface area contributed by atoms with E-state index >= 15 is 0 Å². The molecule has 1 amide bonds. The molecule has 0 unspecified atom stereocenters. The number of nitrogens with zero attached hydrogens (tertiary/aromatic N) is 1. The Hall–Kier alpha value is -4.04. The second kappa shape index (κ2) is 9.22. The van der Waals surface area contributed by atoms with Gasteiger partial charge in [0.05, 0.1) is 28.2 Å². The van der Waals surface area contributed by atoms with Gasteiger partial charge in [0, 0.05) is 17.0 Å². The molecule has 1 aromatic heterocycles. The van der Waals surface area contributed by atoms with Gasteiger partial charge in [0.25, 0.3) is 0 Å². The fourth-order valence-corrected chi connectivity index (χ4v) is 4.73. The van der Waals surface area contributed by atoms with Gasteiger partial charge < -0.3 is 15.5 Å². The van der Waals surface area contributed by atoms with Gasteiger partial charge in [0.15, 0.2) is 0 Å². The molecular formula is C25H20N2O5S. The number of rotatable bonds is 7. The average Bonchev–Trinajstić information content (AvgIpc) is 3.12. The first-order valence-electron chi connectivity index (χ1n) is 10.1. The number of nitrogens with one attached hydrogen (secondary N) is 1. The Morgan fingerprint density at radius 1 is 0.939 bits per heavy atom. The number of carbonyl (C=O) groups excluding carboxylic acids is 1. The van der Waals surface area contributed by atoms with Crippen LogP contribution in [0.3, 0.4) is 0 Å². The smallest absolute Gasteiger partial charge is 0.335 e. The molecule has 0 aliphatic carbocycles. The first kappa shape index (κ1) is 22.2. The molecule has 1 heterocycles. The Bertz CT molecular complexity index is 1360. The molecule has 0 spiro atoms. The van der Waals surface area contributed by atoms with Gasteiger partial charge >= 0.3 is 11.9 Å². The van der Waals surface area contributed by atoms with Crippen molar-refractivity contribution in [3.63, 3.8) is 0 Å². The van der Waals surface area contributed by atoms with Crippen LogP contribution in [0.4, 0.5) is 5.69 Å². The van der Waals surface area contributed by atoms with Crippen molar-refractivity contribution in [1.82, 2.24) is 4.98 Å². The van der Waals surface area contributed by atoms with E-state index in [4.69, 9.17) is 0 Å². The van der Waals surface area contributed by atoms with Crippen molar-refractivity contribution in [1.29, 1.82) is 0 Å². The Morgan fingerprint density at radius 3 is 2.30 bits per heavy atom. The van der Waals surface area contributed by atoms with Gasteiger partial charge in [-0.25, -0.2) is 14.6 Å². The Balaban J connectivity index is 1.51. The molecular weight excluding hydrogens is 440 g/mol. The first-order chi connectivity index (χ1) is 15.8. The number of aryl methyl sites for hydroxylation is 1. The Morgan fingerprint density at radius 2 is 1.61 bits per heavy atom. The van der Waals surface area contributed by atoms with Crippen molar-refractivity contribution in [3.05, 3.63) is 92.9 Å². The number of carbonyl (C=O) groups is 3. The number of hydrogen-bond donors (Lipinski definition) is 3. The van der Waals surface area contributed by atoms with Crippen LogP contribution < -0.4 is 5.32 Å². The molecule has 0 saturated carbocycles. The van der Waals surface area contributed by atoms with Crippen molar-refractivity contribution in [2.24, 2.45) is 0 Å². The lowest BCUT2D eigenvalue weighted by Crippen LogP contribution is -2.15. The van der Waals surface area contributed by atoms with Gasteiger partial charge in [0.2, 0.25) is 5.91 Å². The van der Waals surface area contributed by atoms with E-state index < -0.39 is 11.9 Å². The molecule has 3 N–H and O–H groups in total. The summed E-state index contributed by atoms with van der Waals surface area (Å²) in [7, 11) is 0. The highest BCUT2D eigenvalue weighted by molar-refractivity contribution is 7.11. The molecule has 8 heteroatoms. The van der Waals surface area contributed by atoms with Crippen LogP contribution >= 0.6 is 11.3 Å². The van der Waals surface area contributed by atoms with Crippen LogP contribution in [0, 0.1) is 6.92 Å². The molecule has 4 aromatic rings. The molecule has 0 fully saturated rings. The maximum absolute atomic E-state index is 12.6. The number of aromatic nitrogens is 1. The van der Waals surface area contributed by atoms with Crippen molar-refractivity contribution in [2.75, 3.05) is 5.32 Å². The quantitative estimate of drug-likeness (QED) is 0.366. The van der Waals surface area contributed by atoms with Crippen LogP contribution in [0.2, 0.25) is 0 Å². The lowest BCUT2D eigenvalue weighted by atomic mass is 10.0. The van der Waals surface area contributed by atoms with Gasteiger partial charge in [-0.1, -0.05) is 42.5 Å². The van der Waals surface area contributed by atoms with Crippen LogP contribution in [0.25, 0.3) is 10.8 Å². The third kappa shape index (κ3) is 5.07. The number of fused-ring (bicyclic) bond motifs is 1. The summed E-state index contributed by atoms with van der Waals surface area (Å²) in [4.78, 5) is 40.6. The molecule has 33 heavy (non-hydrogen) atoms. The molecule has 4 rings (SSSR count). The Kier molecular flexibility index (Phi) is 6.19. The normalized spacial score (nSPS) is 10.8. The minimum atomic E-state index is -1.27. The lowest BCUT2D eigenvalue weighted by molar-refractivity contribution is -0.115. The number of anilines is 1. The van der Waals surface area contributed by atoms with Gasteiger partial charge in [0.1, 0.15) is 0 Å². The van der Waals surface area contributed by atoms with Gasteiger partial charge in [-0.3, -0.25) is 4.79 Å². The monoisotopic (exact) mass is 460 g/mol. The number of aromatic carboxylic acids is 2. The number of amides is 1. The summed E-state index contributed by atoms with van der Waals surface area (Å²) in [6.45, 7) is 1.85. The van der Waals surface area contributed by atoms with Crippen LogP contribution in [0.5, 0.6) is 0 Å². The highest BCUT2D eigenvalue weighted by Gasteiger charge is 2.16. The van der Waals surface area contributed by atoms with Crippen molar-refractivity contribution < 1.29 is 24.6 Å². The summed E-state index contributed by atoms with van der Waals surface area (Å²) >= 11 is 1.46. The number of carboxylic acid groups (broad SMARTS) is 2. The standard InChI is InChI=1S/C25H20N2O5S/c1-14-21(13-22(28)27-19-10-17(24(29)30)9-18(11-19)25(31)32)33-23(26-14)12-16-7-4-6-15-5-2-3-8-20(15)16/h2-11H,12-13H2,1H3,(H,27,28)(H,29,30)(H,31,32). The van der Waals surface area contributed by atoms with Crippen molar-refractivity contribution in [3.8, 4) is 0 Å². The van der Waals surface area contributed by atoms with Crippen molar-refractivity contribution >= 4 is 45.6 Å². The zero-order valence-electron chi connectivity index (χ0n) is 17.7. The minimum absolute atomic E-state index is 0.0543. The van der Waals surface area contributed by atoms with Gasteiger partial charge in [-0.2, -0.15) is 0 Å². The van der Waals surface area contributed by atoms with Crippen molar-refractivity contribution in [2.45, 2.75) is 19.8 Å². The van der Waals surface area contributed by atoms with Gasteiger partial charge in [-0.05, 0) is 41.5 Å². The zero-order chi connectivity index (χ0) is 23.5. The molecule has 3 aromatic carbocycles. The molecule has 0 radical (unpaired) electrons. The van der Waals surface area contributed by atoms with E-state index in [9.17, 15) is 24.6 Å². The molecule has 0 bridgehead atoms. The maximum atomic E-state index is 12.6. The molecule has 7 nitrogen and oxygen atoms in total. The fourth-order valence-electron chi connectivity index (χ4n) is 3.64. The molecule has 0 saturated heterocycles. The second-order valence-electron chi connectivity index (χ2n) is 7.57. The summed E-state index contributed by atoms with van der Waals surface area (Å²) in [5.74, 6) is -2.92. The number of carboxylic acids is 2. The highest BCUT2D eigenvalue weighted by atomic mass is 32.1. The van der Waals surface area contributed by atoms with E-state index in [2.05, 4.69) is 34.6 Å². The summed E-state index contributed by atoms with van der Waals surface area (Å²) in [6, 6.07) is 17.8. The lowest BCUT2D eigenvalue weighted by Gasteiger charge is -2.07. The molecule has 0 aliphatic heterocycles. The average molecular weight is 461 g/mol. The third-order valence-corrected chi connectivity index (χ3v) is 6.35. The van der Waals surface area contributed by atoms with Crippen LogP contribution in [-0.2, 0) is 17.6 Å².